The van der Waals surface area contributed by atoms with Gasteiger partial charge in [-0.05, 0) is 42.0 Å². The Bertz CT molecular complexity index is 1340. The number of nitrogens with zero attached hydrogens (tertiary/aromatic N) is 1. The summed E-state index contributed by atoms with van der Waals surface area (Å²) in [5.41, 5.74) is 0.510. The van der Waals surface area contributed by atoms with Gasteiger partial charge in [0, 0.05) is 0 Å². The van der Waals surface area contributed by atoms with Crippen molar-refractivity contribution in [2.75, 3.05) is 33.3 Å². The first kappa shape index (κ1) is 24.5. The average Bonchev–Trinajstić information content (AvgIpc) is 3.17. The predicted molar refractivity (Wildman–Crippen MR) is 132 cm³/mol. The van der Waals surface area contributed by atoms with Crippen LogP contribution in [0.2, 0.25) is 0 Å². The van der Waals surface area contributed by atoms with Crippen molar-refractivity contribution < 1.29 is 38.7 Å². The SMILES string of the molecule is COc1ccccc1/C(O)=C1\C(=O)C(=O)N(c2ccccc2O)C1c1cc(OC)c(OC)c(OC)c1. The smallest absolute Gasteiger partial charge is 0.300 e. The molecule has 1 amide bonds. The molecule has 186 valence electrons. The van der Waals surface area contributed by atoms with E-state index in [0.29, 0.717) is 17.1 Å². The van der Waals surface area contributed by atoms with Crippen LogP contribution in [0.4, 0.5) is 5.69 Å². The van der Waals surface area contributed by atoms with E-state index >= 15 is 0 Å². The third-order valence-electron chi connectivity index (χ3n) is 5.95. The number of phenols is 1. The molecular formula is C27H25NO8. The van der Waals surface area contributed by atoms with Gasteiger partial charge in [0.25, 0.3) is 11.7 Å². The molecule has 0 spiro atoms. The molecule has 1 unspecified atom stereocenters. The molecule has 0 aromatic heterocycles. The standard InChI is InChI=1S/C27H25NO8/c1-33-19-12-8-5-9-16(19)24(30)22-23(15-13-20(34-2)26(36-4)21(14-15)35-3)28(27(32)25(22)31)17-10-6-7-11-18(17)29/h5-14,23,29-30H,1-4H3/b24-22+. The topological polar surface area (TPSA) is 115 Å². The zero-order chi connectivity index (χ0) is 26.0. The fourth-order valence-electron chi connectivity index (χ4n) is 4.31. The highest BCUT2D eigenvalue weighted by Gasteiger charge is 2.48. The minimum Gasteiger partial charge on any atom is -0.507 e. The van der Waals surface area contributed by atoms with Gasteiger partial charge in [0.1, 0.15) is 17.3 Å². The summed E-state index contributed by atoms with van der Waals surface area (Å²) in [5.74, 6) is -1.30. The number of aliphatic hydroxyl groups is 1. The van der Waals surface area contributed by atoms with Gasteiger partial charge in [-0.2, -0.15) is 0 Å². The summed E-state index contributed by atoms with van der Waals surface area (Å²) >= 11 is 0. The Balaban J connectivity index is 2.06. The maximum Gasteiger partial charge on any atom is 0.300 e. The number of rotatable bonds is 7. The number of para-hydroxylation sites is 3. The van der Waals surface area contributed by atoms with Crippen LogP contribution in [0, 0.1) is 0 Å². The normalized spacial score (nSPS) is 16.7. The third kappa shape index (κ3) is 3.94. The monoisotopic (exact) mass is 491 g/mol. The Morgan fingerprint density at radius 1 is 0.806 bits per heavy atom. The maximum absolute atomic E-state index is 13.4. The number of methoxy groups -OCH3 is 4. The van der Waals surface area contributed by atoms with Crippen LogP contribution in [0.15, 0.2) is 66.2 Å². The number of carbonyl (C=O) groups excluding carboxylic acids is 2. The first-order valence-electron chi connectivity index (χ1n) is 10.9. The number of aliphatic hydroxyl groups excluding tert-OH is 1. The number of hydrogen-bond acceptors (Lipinski definition) is 8. The molecule has 1 aliphatic rings. The van der Waals surface area contributed by atoms with E-state index in [0.717, 1.165) is 4.90 Å². The van der Waals surface area contributed by atoms with E-state index in [1.54, 1.807) is 48.5 Å². The number of phenolic OH excluding ortho intramolecular Hbond substituents is 1. The van der Waals surface area contributed by atoms with E-state index < -0.39 is 23.5 Å². The van der Waals surface area contributed by atoms with Gasteiger partial charge in [-0.1, -0.05) is 24.3 Å². The van der Waals surface area contributed by atoms with Crippen LogP contribution < -0.4 is 23.8 Å². The van der Waals surface area contributed by atoms with Gasteiger partial charge in [-0.15, -0.1) is 0 Å². The number of anilines is 1. The zero-order valence-corrected chi connectivity index (χ0v) is 20.1. The van der Waals surface area contributed by atoms with Crippen LogP contribution in [0.5, 0.6) is 28.7 Å². The highest BCUT2D eigenvalue weighted by molar-refractivity contribution is 6.52. The summed E-state index contributed by atoms with van der Waals surface area (Å²) in [6.07, 6.45) is 0. The van der Waals surface area contributed by atoms with E-state index in [1.807, 2.05) is 0 Å². The third-order valence-corrected chi connectivity index (χ3v) is 5.95. The second-order valence-corrected chi connectivity index (χ2v) is 7.82. The molecule has 0 saturated carbocycles. The Labute approximate surface area is 207 Å². The van der Waals surface area contributed by atoms with E-state index in [2.05, 4.69) is 0 Å². The predicted octanol–water partition coefficient (Wildman–Crippen LogP) is 4.05. The van der Waals surface area contributed by atoms with Gasteiger partial charge in [0.05, 0.1) is 51.3 Å². The molecule has 2 N–H and O–H groups in total. The number of benzene rings is 3. The van der Waals surface area contributed by atoms with Crippen LogP contribution in [0.1, 0.15) is 17.2 Å². The van der Waals surface area contributed by atoms with Crippen molar-refractivity contribution in [3.63, 3.8) is 0 Å². The van der Waals surface area contributed by atoms with Crippen molar-refractivity contribution in [2.45, 2.75) is 6.04 Å². The van der Waals surface area contributed by atoms with E-state index in [-0.39, 0.29) is 34.1 Å². The number of hydrogen-bond donors (Lipinski definition) is 2. The molecule has 0 bridgehead atoms. The quantitative estimate of drug-likeness (QED) is 0.289. The summed E-state index contributed by atoms with van der Waals surface area (Å²) in [6.45, 7) is 0. The van der Waals surface area contributed by atoms with Crippen molar-refractivity contribution in [3.05, 3.63) is 77.4 Å². The second-order valence-electron chi connectivity index (χ2n) is 7.82. The Hall–Kier alpha value is -4.66. The van der Waals surface area contributed by atoms with Crippen molar-refractivity contribution in [1.82, 2.24) is 0 Å². The molecule has 36 heavy (non-hydrogen) atoms. The van der Waals surface area contributed by atoms with E-state index in [1.165, 1.54) is 40.6 Å². The van der Waals surface area contributed by atoms with Crippen molar-refractivity contribution in [1.29, 1.82) is 0 Å². The largest absolute Gasteiger partial charge is 0.507 e. The molecule has 9 nitrogen and oxygen atoms in total. The number of ether oxygens (including phenoxy) is 4. The minimum atomic E-state index is -1.14. The summed E-state index contributed by atoms with van der Waals surface area (Å²) in [4.78, 5) is 27.9. The molecule has 1 heterocycles. The molecule has 1 saturated heterocycles. The molecule has 4 rings (SSSR count). The summed E-state index contributed by atoms with van der Waals surface area (Å²) in [5, 5.41) is 22.0. The van der Waals surface area contributed by atoms with Gasteiger partial charge in [-0.25, -0.2) is 0 Å². The van der Waals surface area contributed by atoms with Gasteiger partial charge in [-0.3, -0.25) is 14.5 Å². The number of Topliss-reactive ketones (excluding diaryl/α,β-unsaturated/α-hetero) is 1. The van der Waals surface area contributed by atoms with Crippen LogP contribution >= 0.6 is 0 Å². The molecule has 1 fully saturated rings. The summed E-state index contributed by atoms with van der Waals surface area (Å²) in [6, 6.07) is 14.8. The Morgan fingerprint density at radius 2 is 1.39 bits per heavy atom. The summed E-state index contributed by atoms with van der Waals surface area (Å²) < 4.78 is 21.7. The van der Waals surface area contributed by atoms with Crippen molar-refractivity contribution >= 4 is 23.1 Å². The van der Waals surface area contributed by atoms with Gasteiger partial charge in [0.2, 0.25) is 5.75 Å². The fourth-order valence-corrected chi connectivity index (χ4v) is 4.31. The van der Waals surface area contributed by atoms with Crippen LogP contribution in [0.25, 0.3) is 5.76 Å². The molecule has 9 heteroatoms. The Morgan fingerprint density at radius 3 is 1.97 bits per heavy atom. The van der Waals surface area contributed by atoms with Gasteiger partial charge in [0.15, 0.2) is 11.5 Å². The number of amides is 1. The first-order valence-corrected chi connectivity index (χ1v) is 10.9. The Kier molecular flexibility index (Phi) is 6.73. The molecule has 0 radical (unpaired) electrons. The van der Waals surface area contributed by atoms with Crippen LogP contribution in [-0.2, 0) is 9.59 Å². The summed E-state index contributed by atoms with van der Waals surface area (Å²) in [7, 11) is 5.77. The van der Waals surface area contributed by atoms with E-state index in [9.17, 15) is 19.8 Å². The number of ketones is 1. The molecule has 0 aliphatic carbocycles. The molecule has 3 aromatic rings. The highest BCUT2D eigenvalue weighted by Crippen LogP contribution is 2.48. The van der Waals surface area contributed by atoms with Crippen molar-refractivity contribution in [3.8, 4) is 28.7 Å². The highest BCUT2D eigenvalue weighted by atomic mass is 16.5. The lowest BCUT2D eigenvalue weighted by Gasteiger charge is -2.27. The van der Waals surface area contributed by atoms with Crippen LogP contribution in [-0.4, -0.2) is 50.3 Å². The van der Waals surface area contributed by atoms with Crippen LogP contribution in [0.3, 0.4) is 0 Å². The lowest BCUT2D eigenvalue weighted by molar-refractivity contribution is -0.132. The van der Waals surface area contributed by atoms with Gasteiger partial charge >= 0.3 is 0 Å². The lowest BCUT2D eigenvalue weighted by atomic mass is 9.94. The lowest BCUT2D eigenvalue weighted by Crippen LogP contribution is -2.29. The number of carbonyl (C=O) groups is 2. The molecule has 3 aromatic carbocycles. The van der Waals surface area contributed by atoms with Crippen molar-refractivity contribution in [2.24, 2.45) is 0 Å². The molecule has 1 atom stereocenters. The first-order chi connectivity index (χ1) is 17.4. The molecular weight excluding hydrogens is 466 g/mol. The second kappa shape index (κ2) is 9.91. The van der Waals surface area contributed by atoms with Gasteiger partial charge < -0.3 is 29.2 Å². The molecule has 1 aliphatic heterocycles. The zero-order valence-electron chi connectivity index (χ0n) is 20.1. The average molecular weight is 491 g/mol. The minimum absolute atomic E-state index is 0.0948. The fraction of sp³-hybridized carbons (Fsp3) is 0.185. The van der Waals surface area contributed by atoms with E-state index in [4.69, 9.17) is 18.9 Å². The maximum atomic E-state index is 13.4. The number of aromatic hydroxyl groups is 1.